The van der Waals surface area contributed by atoms with E-state index < -0.39 is 30.3 Å². The Morgan fingerprint density at radius 2 is 1.66 bits per heavy atom. The van der Waals surface area contributed by atoms with Crippen LogP contribution in [-0.4, -0.2) is 54.5 Å². The number of carbonyl (C=O) groups is 3. The molecule has 2 aromatic carbocycles. The monoisotopic (exact) mass is 478 g/mol. The fourth-order valence-electron chi connectivity index (χ4n) is 5.42. The number of hydrogen-bond acceptors (Lipinski definition) is 5. The van der Waals surface area contributed by atoms with E-state index in [0.29, 0.717) is 13.0 Å². The number of nitrogens with one attached hydrogen (secondary N) is 2. The molecule has 3 N–H and O–H groups in total. The van der Waals surface area contributed by atoms with E-state index in [1.807, 2.05) is 24.3 Å². The Morgan fingerprint density at radius 3 is 2.26 bits per heavy atom. The van der Waals surface area contributed by atoms with Crippen molar-refractivity contribution < 1.29 is 29.0 Å². The molecule has 5 rings (SSSR count). The quantitative estimate of drug-likeness (QED) is 0.536. The summed E-state index contributed by atoms with van der Waals surface area (Å²) in [7, 11) is 0. The molecule has 3 unspecified atom stereocenters. The fraction of sp³-hybridized carbons (Fsp3) is 0.444. The molecule has 35 heavy (non-hydrogen) atoms. The van der Waals surface area contributed by atoms with Crippen LogP contribution in [0.3, 0.4) is 0 Å². The van der Waals surface area contributed by atoms with E-state index in [9.17, 15) is 19.5 Å². The lowest BCUT2D eigenvalue weighted by Gasteiger charge is -2.34. The van der Waals surface area contributed by atoms with Crippen LogP contribution in [0.2, 0.25) is 0 Å². The summed E-state index contributed by atoms with van der Waals surface area (Å²) in [5.74, 6) is -1.20. The van der Waals surface area contributed by atoms with Crippen molar-refractivity contribution in [1.82, 2.24) is 10.6 Å². The largest absolute Gasteiger partial charge is 0.481 e. The Kier molecular flexibility index (Phi) is 6.72. The van der Waals surface area contributed by atoms with Crippen LogP contribution < -0.4 is 10.6 Å². The second-order valence-electron chi connectivity index (χ2n) is 9.56. The maximum atomic E-state index is 12.9. The smallest absolute Gasteiger partial charge is 0.407 e. The topological polar surface area (TPSA) is 114 Å². The first-order valence-corrected chi connectivity index (χ1v) is 12.3. The van der Waals surface area contributed by atoms with Gasteiger partial charge in [0.25, 0.3) is 5.91 Å². The minimum atomic E-state index is -0.942. The average Bonchev–Trinajstić information content (AvgIpc) is 3.38. The van der Waals surface area contributed by atoms with Crippen molar-refractivity contribution in [3.8, 4) is 11.1 Å². The van der Waals surface area contributed by atoms with E-state index in [4.69, 9.17) is 9.47 Å². The number of aliphatic carboxylic acids is 1. The number of ether oxygens (including phenoxy) is 2. The minimum absolute atomic E-state index is 0.0497. The molecule has 3 aliphatic rings. The zero-order valence-corrected chi connectivity index (χ0v) is 19.4. The van der Waals surface area contributed by atoms with Crippen LogP contribution in [0.25, 0.3) is 11.1 Å². The molecule has 0 bridgehead atoms. The Balaban J connectivity index is 1.18. The summed E-state index contributed by atoms with van der Waals surface area (Å²) in [5, 5.41) is 14.9. The summed E-state index contributed by atoms with van der Waals surface area (Å²) in [5.41, 5.74) is 4.56. The van der Waals surface area contributed by atoms with Gasteiger partial charge in [-0.15, -0.1) is 0 Å². The molecule has 1 aliphatic heterocycles. The number of alkyl carbamates (subject to hydrolysis) is 1. The van der Waals surface area contributed by atoms with Crippen molar-refractivity contribution in [1.29, 1.82) is 0 Å². The number of hydrogen-bond donors (Lipinski definition) is 3. The SMILES string of the molecule is O=C(O)CC(NC(=O)C1OCCC1NC(=O)OCC1c2ccccc2-c2ccccc21)C1CCC1. The molecule has 2 aliphatic carbocycles. The van der Waals surface area contributed by atoms with Crippen LogP contribution in [0.5, 0.6) is 0 Å². The normalized spacial score (nSPS) is 21.9. The van der Waals surface area contributed by atoms with Crippen molar-refractivity contribution in [2.45, 2.75) is 56.2 Å². The third kappa shape index (κ3) is 4.89. The molecule has 0 aromatic heterocycles. The van der Waals surface area contributed by atoms with Crippen LogP contribution >= 0.6 is 0 Å². The minimum Gasteiger partial charge on any atom is -0.481 e. The van der Waals surface area contributed by atoms with Crippen molar-refractivity contribution in [3.05, 3.63) is 59.7 Å². The second kappa shape index (κ2) is 10.1. The van der Waals surface area contributed by atoms with Crippen LogP contribution in [0.15, 0.2) is 48.5 Å². The van der Waals surface area contributed by atoms with Crippen LogP contribution in [0, 0.1) is 5.92 Å². The highest BCUT2D eigenvalue weighted by molar-refractivity contribution is 5.84. The lowest BCUT2D eigenvalue weighted by atomic mass is 9.78. The zero-order valence-electron chi connectivity index (χ0n) is 19.4. The summed E-state index contributed by atoms with van der Waals surface area (Å²) < 4.78 is 11.2. The molecule has 1 saturated heterocycles. The molecule has 2 fully saturated rings. The van der Waals surface area contributed by atoms with Gasteiger partial charge in [0.15, 0.2) is 6.10 Å². The van der Waals surface area contributed by atoms with Gasteiger partial charge in [-0.2, -0.15) is 0 Å². The molecule has 1 heterocycles. The highest BCUT2D eigenvalue weighted by atomic mass is 16.6. The fourth-order valence-corrected chi connectivity index (χ4v) is 5.42. The Labute approximate surface area is 204 Å². The molecule has 8 heteroatoms. The summed E-state index contributed by atoms with van der Waals surface area (Å²) in [6.07, 6.45) is 1.76. The van der Waals surface area contributed by atoms with Gasteiger partial charge in [0.2, 0.25) is 0 Å². The maximum Gasteiger partial charge on any atom is 0.407 e. The highest BCUT2D eigenvalue weighted by Crippen LogP contribution is 2.44. The first-order chi connectivity index (χ1) is 17.0. The highest BCUT2D eigenvalue weighted by Gasteiger charge is 2.39. The molecule has 2 amide bonds. The Bertz CT molecular complexity index is 1070. The second-order valence-corrected chi connectivity index (χ2v) is 9.56. The Hall–Kier alpha value is -3.39. The number of benzene rings is 2. The van der Waals surface area contributed by atoms with E-state index in [2.05, 4.69) is 34.9 Å². The number of carboxylic acids is 1. The standard InChI is InChI=1S/C27H30N2O6/c30-24(31)14-23(16-6-5-7-16)28-26(32)25-22(12-13-34-25)29-27(33)35-15-21-19-10-3-1-8-17(19)18-9-2-4-11-20(18)21/h1-4,8-11,16,21-23,25H,5-7,12-15H2,(H,28,32)(H,29,33)(H,30,31). The molecular formula is C27H30N2O6. The predicted octanol–water partition coefficient (Wildman–Crippen LogP) is 3.44. The average molecular weight is 479 g/mol. The summed E-state index contributed by atoms with van der Waals surface area (Å²) in [6.45, 7) is 0.520. The van der Waals surface area contributed by atoms with E-state index in [1.54, 1.807) is 0 Å². The van der Waals surface area contributed by atoms with Gasteiger partial charge in [-0.25, -0.2) is 4.79 Å². The third-order valence-electron chi connectivity index (χ3n) is 7.44. The van der Waals surface area contributed by atoms with E-state index in [-0.39, 0.29) is 30.8 Å². The molecule has 3 atom stereocenters. The van der Waals surface area contributed by atoms with Gasteiger partial charge in [-0.05, 0) is 47.4 Å². The summed E-state index contributed by atoms with van der Waals surface area (Å²) in [4.78, 5) is 36.8. The van der Waals surface area contributed by atoms with Gasteiger partial charge in [0.1, 0.15) is 6.61 Å². The first-order valence-electron chi connectivity index (χ1n) is 12.3. The number of carboxylic acid groups (broad SMARTS) is 1. The lowest BCUT2D eigenvalue weighted by molar-refractivity contribution is -0.139. The predicted molar refractivity (Wildman–Crippen MR) is 128 cm³/mol. The van der Waals surface area contributed by atoms with Crippen molar-refractivity contribution >= 4 is 18.0 Å². The van der Waals surface area contributed by atoms with Crippen LogP contribution in [0.1, 0.15) is 49.1 Å². The maximum absolute atomic E-state index is 12.9. The van der Waals surface area contributed by atoms with Crippen LogP contribution in [0.4, 0.5) is 4.79 Å². The van der Waals surface area contributed by atoms with Crippen LogP contribution in [-0.2, 0) is 19.1 Å². The van der Waals surface area contributed by atoms with Crippen molar-refractivity contribution in [2.75, 3.05) is 13.2 Å². The molecule has 184 valence electrons. The number of carbonyl (C=O) groups excluding carboxylic acids is 2. The molecule has 8 nitrogen and oxygen atoms in total. The van der Waals surface area contributed by atoms with Gasteiger partial charge in [-0.1, -0.05) is 55.0 Å². The van der Waals surface area contributed by atoms with E-state index in [0.717, 1.165) is 41.5 Å². The van der Waals surface area contributed by atoms with E-state index in [1.165, 1.54) is 0 Å². The van der Waals surface area contributed by atoms with Gasteiger partial charge < -0.3 is 25.2 Å². The third-order valence-corrected chi connectivity index (χ3v) is 7.44. The first kappa shape index (κ1) is 23.4. The molecule has 0 spiro atoms. The number of amides is 2. The number of rotatable bonds is 8. The molecular weight excluding hydrogens is 448 g/mol. The van der Waals surface area contributed by atoms with Crippen molar-refractivity contribution in [3.63, 3.8) is 0 Å². The molecule has 2 aromatic rings. The lowest BCUT2D eigenvalue weighted by Crippen LogP contribution is -2.53. The van der Waals surface area contributed by atoms with E-state index >= 15 is 0 Å². The summed E-state index contributed by atoms with van der Waals surface area (Å²) >= 11 is 0. The zero-order chi connectivity index (χ0) is 24.4. The number of fused-ring (bicyclic) bond motifs is 3. The molecule has 1 saturated carbocycles. The van der Waals surface area contributed by atoms with Crippen molar-refractivity contribution in [2.24, 2.45) is 5.92 Å². The molecule has 0 radical (unpaired) electrons. The van der Waals surface area contributed by atoms with Gasteiger partial charge in [0, 0.05) is 18.6 Å². The van der Waals surface area contributed by atoms with Gasteiger partial charge in [-0.3, -0.25) is 9.59 Å². The van der Waals surface area contributed by atoms with Gasteiger partial charge in [0.05, 0.1) is 12.5 Å². The summed E-state index contributed by atoms with van der Waals surface area (Å²) in [6, 6.07) is 15.3. The Morgan fingerprint density at radius 1 is 1.00 bits per heavy atom. The van der Waals surface area contributed by atoms with Gasteiger partial charge >= 0.3 is 12.1 Å².